The molecule has 2 aromatic rings. The number of hydrogen-bond donors (Lipinski definition) is 0. The molecule has 1 saturated carbocycles. The molecule has 1 fully saturated rings. The molecule has 4 rings (SSSR count). The maximum atomic E-state index is 12.7. The molecule has 0 N–H and O–H groups in total. The van der Waals surface area contributed by atoms with Gasteiger partial charge in [-0.1, -0.05) is 87.2 Å². The van der Waals surface area contributed by atoms with Gasteiger partial charge < -0.3 is 4.74 Å². The highest BCUT2D eigenvalue weighted by Gasteiger charge is 2.37. The van der Waals surface area contributed by atoms with Crippen molar-refractivity contribution in [1.29, 1.82) is 0 Å². The molecule has 2 aliphatic carbocycles. The lowest BCUT2D eigenvalue weighted by Crippen LogP contribution is -2.28. The van der Waals surface area contributed by atoms with Crippen LogP contribution in [0.4, 0.5) is 0 Å². The molecule has 154 valence electrons. The second-order valence-corrected chi connectivity index (χ2v) is 7.22. The Balaban J connectivity index is 0.000000280. The second-order valence-electron chi connectivity index (χ2n) is 6.78. The van der Waals surface area contributed by atoms with Crippen molar-refractivity contribution >= 4 is 23.2 Å². The monoisotopic (exact) mass is 412 g/mol. The molecule has 0 bridgehead atoms. The van der Waals surface area contributed by atoms with Crippen LogP contribution in [-0.4, -0.2) is 18.7 Å². The number of halogens is 1. The third-order valence-corrected chi connectivity index (χ3v) is 5.31. The summed E-state index contributed by atoms with van der Waals surface area (Å²) in [6.45, 7) is 4.00. The van der Waals surface area contributed by atoms with Gasteiger partial charge in [-0.05, 0) is 30.9 Å². The number of allylic oxidation sites excluding steroid dienone is 2. The van der Waals surface area contributed by atoms with Crippen LogP contribution < -0.4 is 0 Å². The Morgan fingerprint density at radius 1 is 0.793 bits per heavy atom. The number of benzene rings is 2. The highest BCUT2D eigenvalue weighted by molar-refractivity contribution is 6.30. The molecule has 0 radical (unpaired) electrons. The van der Waals surface area contributed by atoms with E-state index in [9.17, 15) is 9.59 Å². The number of carbonyl (C=O) groups excluding carboxylic acids is 2. The zero-order chi connectivity index (χ0) is 21.2. The lowest BCUT2D eigenvalue weighted by molar-refractivity contribution is 0.0891. The Kier molecular flexibility index (Phi) is 9.14. The van der Waals surface area contributed by atoms with Gasteiger partial charge in [0.15, 0.2) is 11.5 Å². The summed E-state index contributed by atoms with van der Waals surface area (Å²) in [6.07, 6.45) is 5.40. The molecule has 0 unspecified atom stereocenters. The predicted molar refractivity (Wildman–Crippen MR) is 119 cm³/mol. The van der Waals surface area contributed by atoms with Gasteiger partial charge in [0.25, 0.3) is 0 Å². The van der Waals surface area contributed by atoms with Crippen molar-refractivity contribution in [1.82, 2.24) is 0 Å². The van der Waals surface area contributed by atoms with Gasteiger partial charge in [0.1, 0.15) is 0 Å². The average Bonchev–Trinajstić information content (AvgIpc) is 2.79. The third kappa shape index (κ3) is 5.57. The van der Waals surface area contributed by atoms with E-state index in [2.05, 4.69) is 0 Å². The van der Waals surface area contributed by atoms with Gasteiger partial charge in [0, 0.05) is 21.7 Å². The van der Waals surface area contributed by atoms with Crippen LogP contribution in [0.3, 0.4) is 0 Å². The van der Waals surface area contributed by atoms with E-state index < -0.39 is 0 Å². The molecule has 2 aliphatic rings. The van der Waals surface area contributed by atoms with Crippen LogP contribution in [0.1, 0.15) is 66.7 Å². The summed E-state index contributed by atoms with van der Waals surface area (Å²) < 4.78 is 5.31. The van der Waals surface area contributed by atoms with E-state index in [0.29, 0.717) is 16.7 Å². The smallest absolute Gasteiger partial charge is 0.228 e. The summed E-state index contributed by atoms with van der Waals surface area (Å²) in [5, 5.41) is 0.794. The molecule has 0 heterocycles. The minimum Gasteiger partial charge on any atom is -0.492 e. The van der Waals surface area contributed by atoms with Crippen molar-refractivity contribution in [3.05, 3.63) is 82.1 Å². The van der Waals surface area contributed by atoms with Crippen LogP contribution in [0, 0.1) is 5.92 Å². The van der Waals surface area contributed by atoms with Gasteiger partial charge >= 0.3 is 0 Å². The highest BCUT2D eigenvalue weighted by Crippen LogP contribution is 2.37. The molecule has 0 aromatic heterocycles. The lowest BCUT2D eigenvalue weighted by atomic mass is 9.76. The maximum absolute atomic E-state index is 12.7. The first-order chi connectivity index (χ1) is 14.1. The number of carbonyl (C=O) groups is 2. The summed E-state index contributed by atoms with van der Waals surface area (Å²) >= 11 is 5.54. The van der Waals surface area contributed by atoms with Crippen molar-refractivity contribution < 1.29 is 14.3 Å². The number of ether oxygens (including phenoxy) is 1. The predicted octanol–water partition coefficient (Wildman–Crippen LogP) is 6.91. The van der Waals surface area contributed by atoms with Crippen LogP contribution in [0.15, 0.2) is 65.9 Å². The van der Waals surface area contributed by atoms with E-state index >= 15 is 0 Å². The average molecular weight is 413 g/mol. The first kappa shape index (κ1) is 22.9. The molecule has 4 heteroatoms. The lowest BCUT2D eigenvalue weighted by Gasteiger charge is -2.28. The number of Topliss-reactive ketones (excluding diaryl/α,β-unsaturated/α-hetero) is 2. The first-order valence-corrected chi connectivity index (χ1v) is 10.7. The maximum Gasteiger partial charge on any atom is 0.228 e. The normalized spacial score (nSPS) is 16.1. The first-order valence-electron chi connectivity index (χ1n) is 10.3. The van der Waals surface area contributed by atoms with E-state index in [4.69, 9.17) is 16.3 Å². The van der Waals surface area contributed by atoms with E-state index in [1.54, 1.807) is 24.3 Å². The molecular weight excluding hydrogens is 384 g/mol. The zero-order valence-corrected chi connectivity index (χ0v) is 18.2. The van der Waals surface area contributed by atoms with Crippen LogP contribution in [-0.2, 0) is 4.74 Å². The van der Waals surface area contributed by atoms with Gasteiger partial charge in [-0.3, -0.25) is 9.59 Å². The Hall–Kier alpha value is -2.39. The van der Waals surface area contributed by atoms with E-state index in [-0.39, 0.29) is 23.2 Å². The van der Waals surface area contributed by atoms with Gasteiger partial charge in [-0.15, -0.1) is 0 Å². The number of hydrogen-bond acceptors (Lipinski definition) is 3. The number of methoxy groups -OCH3 is 1. The summed E-state index contributed by atoms with van der Waals surface area (Å²) in [7, 11) is 1.48. The van der Waals surface area contributed by atoms with Gasteiger partial charge in [0.2, 0.25) is 5.78 Å². The molecule has 0 spiro atoms. The number of ketones is 2. The van der Waals surface area contributed by atoms with Gasteiger partial charge in [-0.25, -0.2) is 0 Å². The van der Waals surface area contributed by atoms with Crippen molar-refractivity contribution in [2.75, 3.05) is 7.11 Å². The third-order valence-electron chi connectivity index (χ3n) is 5.06. The number of rotatable bonds is 2. The molecule has 0 atom stereocenters. The van der Waals surface area contributed by atoms with Crippen LogP contribution in [0.2, 0.25) is 5.02 Å². The molecular formula is C25H29ClO3. The highest BCUT2D eigenvalue weighted by atomic mass is 35.5. The number of fused-ring (bicyclic) bond motifs is 1. The largest absolute Gasteiger partial charge is 0.492 e. The van der Waals surface area contributed by atoms with Crippen molar-refractivity contribution in [3.63, 3.8) is 0 Å². The van der Waals surface area contributed by atoms with Crippen LogP contribution >= 0.6 is 11.6 Å². The minimum atomic E-state index is -0.150. The van der Waals surface area contributed by atoms with E-state index in [1.807, 2.05) is 44.2 Å². The summed E-state index contributed by atoms with van der Waals surface area (Å²) in [5.41, 5.74) is 1.60. The fourth-order valence-electron chi connectivity index (χ4n) is 3.75. The van der Waals surface area contributed by atoms with Gasteiger partial charge in [-0.2, -0.15) is 0 Å². The standard InChI is InChI=1S/C17H18O3.C6H5Cl.C2H6/c1-20-17-14(11-7-3-2-4-8-11)15(18)12-9-5-6-10-13(12)16(17)19;7-6-4-2-1-3-5-6;1-2/h5-6,9-11H,2-4,7-8H2,1H3;1-5H;1-2H3. The molecule has 0 aliphatic heterocycles. The Labute approximate surface area is 178 Å². The van der Waals surface area contributed by atoms with E-state index in [1.165, 1.54) is 13.5 Å². The second kappa shape index (κ2) is 11.6. The Morgan fingerprint density at radius 3 is 1.79 bits per heavy atom. The Bertz CT molecular complexity index is 849. The van der Waals surface area contributed by atoms with Crippen molar-refractivity contribution in [3.8, 4) is 0 Å². The minimum absolute atomic E-state index is 0.0241. The summed E-state index contributed by atoms with van der Waals surface area (Å²) in [6, 6.07) is 16.5. The topological polar surface area (TPSA) is 43.4 Å². The Morgan fingerprint density at radius 2 is 1.31 bits per heavy atom. The summed E-state index contributed by atoms with van der Waals surface area (Å²) in [4.78, 5) is 25.3. The molecule has 2 aromatic carbocycles. The van der Waals surface area contributed by atoms with Crippen molar-refractivity contribution in [2.24, 2.45) is 5.92 Å². The molecule has 3 nitrogen and oxygen atoms in total. The van der Waals surface area contributed by atoms with E-state index in [0.717, 1.165) is 30.7 Å². The SMILES string of the molecule is CC.COC1=C(C2CCCCC2)C(=O)c2ccccc2C1=O.Clc1ccccc1. The van der Waals surface area contributed by atoms with Crippen LogP contribution in [0.5, 0.6) is 0 Å². The molecule has 0 amide bonds. The van der Waals surface area contributed by atoms with Gasteiger partial charge in [0.05, 0.1) is 7.11 Å². The van der Waals surface area contributed by atoms with Crippen LogP contribution in [0.25, 0.3) is 0 Å². The fraction of sp³-hybridized carbons (Fsp3) is 0.360. The summed E-state index contributed by atoms with van der Waals surface area (Å²) in [5.74, 6) is 0.260. The molecule has 0 saturated heterocycles. The van der Waals surface area contributed by atoms with Crippen molar-refractivity contribution in [2.45, 2.75) is 46.0 Å². The quantitative estimate of drug-likeness (QED) is 0.538. The molecule has 29 heavy (non-hydrogen) atoms. The fourth-order valence-corrected chi connectivity index (χ4v) is 3.90. The zero-order valence-electron chi connectivity index (χ0n) is 17.4.